The van der Waals surface area contributed by atoms with E-state index in [1.807, 2.05) is 25.2 Å². The van der Waals surface area contributed by atoms with Crippen molar-refractivity contribution in [3.8, 4) is 0 Å². The van der Waals surface area contributed by atoms with Gasteiger partial charge in [-0.2, -0.15) is 0 Å². The van der Waals surface area contributed by atoms with Crippen LogP contribution in [-0.4, -0.2) is 11.1 Å². The molecule has 0 saturated heterocycles. The first kappa shape index (κ1) is 10.8. The first-order valence-corrected chi connectivity index (χ1v) is 4.76. The van der Waals surface area contributed by atoms with Crippen molar-refractivity contribution in [1.82, 2.24) is 0 Å². The van der Waals surface area contributed by atoms with Crippen LogP contribution < -0.4 is 5.73 Å². The van der Waals surface area contributed by atoms with Gasteiger partial charge in [-0.15, -0.1) is 0 Å². The van der Waals surface area contributed by atoms with Crippen LogP contribution in [-0.2, 0) is 0 Å². The predicted octanol–water partition coefficient (Wildman–Crippen LogP) is 2.61. The minimum atomic E-state index is -0.000423. The second kappa shape index (κ2) is 4.82. The summed E-state index contributed by atoms with van der Waals surface area (Å²) in [5.74, 6) is 0.389. The average molecular weight is 191 g/mol. The molecule has 0 aliphatic heterocycles. The maximum absolute atomic E-state index is 9.27. The van der Waals surface area contributed by atoms with Gasteiger partial charge in [-0.25, -0.2) is 0 Å². The van der Waals surface area contributed by atoms with E-state index in [2.05, 4.69) is 6.58 Å². The molecule has 1 rings (SSSR count). The molecule has 0 saturated carbocycles. The lowest BCUT2D eigenvalue weighted by molar-refractivity contribution is 0.402. The molecule has 0 bridgehead atoms. The van der Waals surface area contributed by atoms with Crippen molar-refractivity contribution < 1.29 is 5.11 Å². The van der Waals surface area contributed by atoms with E-state index in [-0.39, 0.29) is 6.04 Å². The van der Waals surface area contributed by atoms with Crippen molar-refractivity contribution in [2.24, 2.45) is 5.73 Å². The fourth-order valence-corrected chi connectivity index (χ4v) is 1.22. The Labute approximate surface area is 85.1 Å². The van der Waals surface area contributed by atoms with Crippen molar-refractivity contribution in [2.45, 2.75) is 25.8 Å². The molecule has 3 N–H and O–H groups in total. The highest BCUT2D eigenvalue weighted by molar-refractivity contribution is 5.30. The summed E-state index contributed by atoms with van der Waals surface area (Å²) in [6.45, 7) is 5.75. The van der Waals surface area contributed by atoms with Crippen molar-refractivity contribution in [3.63, 3.8) is 0 Å². The van der Waals surface area contributed by atoms with Gasteiger partial charge in [-0.1, -0.05) is 30.4 Å². The van der Waals surface area contributed by atoms with E-state index in [0.29, 0.717) is 12.2 Å². The Hall–Kier alpha value is -1.28. The van der Waals surface area contributed by atoms with E-state index in [9.17, 15) is 5.11 Å². The van der Waals surface area contributed by atoms with Crippen LogP contribution >= 0.6 is 0 Å². The Balaban J connectivity index is 2.65. The summed E-state index contributed by atoms with van der Waals surface area (Å²) in [5, 5.41) is 9.27. The summed E-state index contributed by atoms with van der Waals surface area (Å²) in [6.07, 6.45) is 8.94. The topological polar surface area (TPSA) is 46.2 Å². The number of allylic oxidation sites excluding steroid dienone is 4. The van der Waals surface area contributed by atoms with Gasteiger partial charge in [-0.3, -0.25) is 0 Å². The van der Waals surface area contributed by atoms with Crippen LogP contribution in [0.4, 0.5) is 0 Å². The third-order valence-electron chi connectivity index (χ3n) is 2.24. The Kier molecular flexibility index (Phi) is 3.72. The molecule has 0 fully saturated rings. The largest absolute Gasteiger partial charge is 0.512 e. The molecule has 1 aliphatic rings. The van der Waals surface area contributed by atoms with Crippen LogP contribution in [0.15, 0.2) is 47.8 Å². The van der Waals surface area contributed by atoms with Crippen LogP contribution in [0.3, 0.4) is 0 Å². The van der Waals surface area contributed by atoms with Gasteiger partial charge >= 0.3 is 0 Å². The molecule has 0 unspecified atom stereocenters. The third kappa shape index (κ3) is 3.23. The van der Waals surface area contributed by atoms with Crippen molar-refractivity contribution in [1.29, 1.82) is 0 Å². The maximum atomic E-state index is 9.27. The molecule has 0 aromatic carbocycles. The van der Waals surface area contributed by atoms with Gasteiger partial charge in [0.1, 0.15) is 0 Å². The smallest absolute Gasteiger partial charge is 0.0960 e. The molecular formula is C12H17NO. The SMILES string of the molecule is C=C(C)[C@H](N)CC1=CC=C(O)CC=C1. The molecule has 1 aliphatic carbocycles. The van der Waals surface area contributed by atoms with Crippen LogP contribution in [0, 0.1) is 0 Å². The summed E-state index contributed by atoms with van der Waals surface area (Å²) in [6, 6.07) is -0.000423. The molecule has 0 radical (unpaired) electrons. The van der Waals surface area contributed by atoms with E-state index >= 15 is 0 Å². The van der Waals surface area contributed by atoms with Crippen molar-refractivity contribution in [2.75, 3.05) is 0 Å². The normalized spacial score (nSPS) is 18.1. The predicted molar refractivity (Wildman–Crippen MR) is 60.0 cm³/mol. The summed E-state index contributed by atoms with van der Waals surface area (Å²) in [7, 11) is 0. The van der Waals surface area contributed by atoms with E-state index in [4.69, 9.17) is 5.73 Å². The molecule has 0 heterocycles. The van der Waals surface area contributed by atoms with E-state index in [1.165, 1.54) is 0 Å². The molecule has 14 heavy (non-hydrogen) atoms. The zero-order valence-corrected chi connectivity index (χ0v) is 8.53. The molecule has 1 atom stereocenters. The number of hydrogen-bond acceptors (Lipinski definition) is 2. The summed E-state index contributed by atoms with van der Waals surface area (Å²) >= 11 is 0. The summed E-state index contributed by atoms with van der Waals surface area (Å²) in [5.41, 5.74) is 7.99. The van der Waals surface area contributed by atoms with Gasteiger partial charge < -0.3 is 10.8 Å². The number of aliphatic hydroxyl groups is 1. The van der Waals surface area contributed by atoms with Gasteiger partial charge in [0.05, 0.1) is 5.76 Å². The standard InChI is InChI=1S/C12H17NO/c1-9(2)12(13)8-10-4-3-5-11(14)7-6-10/h3-4,6-7,12,14H,1,5,8,13H2,2H3/t12-/m1/s1. The first-order chi connectivity index (χ1) is 6.59. The van der Waals surface area contributed by atoms with Crippen LogP contribution in [0.2, 0.25) is 0 Å². The summed E-state index contributed by atoms with van der Waals surface area (Å²) in [4.78, 5) is 0. The lowest BCUT2D eigenvalue weighted by atomic mass is 10.0. The Morgan fingerprint density at radius 1 is 1.64 bits per heavy atom. The first-order valence-electron chi connectivity index (χ1n) is 4.76. The van der Waals surface area contributed by atoms with Gasteiger partial charge in [0.2, 0.25) is 0 Å². The van der Waals surface area contributed by atoms with Crippen molar-refractivity contribution in [3.05, 3.63) is 47.8 Å². The van der Waals surface area contributed by atoms with Gasteiger partial charge in [0.15, 0.2) is 0 Å². The van der Waals surface area contributed by atoms with E-state index < -0.39 is 0 Å². The van der Waals surface area contributed by atoms with Gasteiger partial charge in [-0.05, 0) is 25.0 Å². The summed E-state index contributed by atoms with van der Waals surface area (Å²) < 4.78 is 0. The van der Waals surface area contributed by atoms with E-state index in [0.717, 1.165) is 17.6 Å². The number of hydrogen-bond donors (Lipinski definition) is 2. The Morgan fingerprint density at radius 3 is 3.00 bits per heavy atom. The monoisotopic (exact) mass is 191 g/mol. The lowest BCUT2D eigenvalue weighted by Crippen LogP contribution is -2.20. The molecule has 0 aromatic rings. The fourth-order valence-electron chi connectivity index (χ4n) is 1.22. The van der Waals surface area contributed by atoms with Crippen molar-refractivity contribution >= 4 is 0 Å². The maximum Gasteiger partial charge on any atom is 0.0960 e. The zero-order valence-electron chi connectivity index (χ0n) is 8.53. The highest BCUT2D eigenvalue weighted by Gasteiger charge is 2.05. The minimum Gasteiger partial charge on any atom is -0.512 e. The number of nitrogens with two attached hydrogens (primary N) is 1. The quantitative estimate of drug-likeness (QED) is 0.673. The minimum absolute atomic E-state index is 0.000423. The molecule has 0 spiro atoms. The average Bonchev–Trinajstić information content (AvgIpc) is 2.31. The second-order valence-electron chi connectivity index (χ2n) is 3.66. The third-order valence-corrected chi connectivity index (χ3v) is 2.24. The Bertz CT molecular complexity index is 310. The zero-order chi connectivity index (χ0) is 10.6. The van der Waals surface area contributed by atoms with Gasteiger partial charge in [0.25, 0.3) is 0 Å². The van der Waals surface area contributed by atoms with Crippen LogP contribution in [0.1, 0.15) is 19.8 Å². The number of rotatable bonds is 3. The molecular weight excluding hydrogens is 174 g/mol. The second-order valence-corrected chi connectivity index (χ2v) is 3.66. The van der Waals surface area contributed by atoms with Crippen LogP contribution in [0.5, 0.6) is 0 Å². The molecule has 0 aromatic heterocycles. The molecule has 0 amide bonds. The fraction of sp³-hybridized carbons (Fsp3) is 0.333. The highest BCUT2D eigenvalue weighted by Crippen LogP contribution is 2.15. The molecule has 2 nitrogen and oxygen atoms in total. The molecule has 2 heteroatoms. The van der Waals surface area contributed by atoms with Crippen LogP contribution in [0.25, 0.3) is 0 Å². The number of aliphatic hydroxyl groups excluding tert-OH is 1. The Morgan fingerprint density at radius 2 is 2.36 bits per heavy atom. The van der Waals surface area contributed by atoms with E-state index in [1.54, 1.807) is 6.08 Å². The molecule has 76 valence electrons. The lowest BCUT2D eigenvalue weighted by Gasteiger charge is -2.10. The van der Waals surface area contributed by atoms with Gasteiger partial charge in [0, 0.05) is 12.5 Å². The highest BCUT2D eigenvalue weighted by atomic mass is 16.3.